The summed E-state index contributed by atoms with van der Waals surface area (Å²) in [5.74, 6) is 0.198. The molecule has 5 nitrogen and oxygen atoms in total. The summed E-state index contributed by atoms with van der Waals surface area (Å²) in [6.45, 7) is 11.0. The first-order chi connectivity index (χ1) is 15.5. The Morgan fingerprint density at radius 2 is 1.88 bits per heavy atom. The van der Waals surface area contributed by atoms with E-state index in [9.17, 15) is 9.59 Å². The lowest BCUT2D eigenvalue weighted by Crippen LogP contribution is -2.33. The van der Waals surface area contributed by atoms with Crippen LogP contribution < -0.4 is 16.4 Å². The number of benzene rings is 1. The van der Waals surface area contributed by atoms with Gasteiger partial charge in [-0.15, -0.1) is 11.3 Å². The van der Waals surface area contributed by atoms with Crippen molar-refractivity contribution in [2.45, 2.75) is 59.8 Å². The smallest absolute Gasteiger partial charge is 0.251 e. The molecule has 1 aliphatic carbocycles. The van der Waals surface area contributed by atoms with Crippen molar-refractivity contribution < 1.29 is 9.59 Å². The second-order valence-electron chi connectivity index (χ2n) is 9.98. The first-order valence-electron chi connectivity index (χ1n) is 11.3. The fourth-order valence-corrected chi connectivity index (χ4v) is 5.73. The van der Waals surface area contributed by atoms with Crippen LogP contribution in [0.1, 0.15) is 78.9 Å². The minimum Gasteiger partial charge on any atom is -0.365 e. The van der Waals surface area contributed by atoms with E-state index in [2.05, 4.69) is 57.4 Å². The van der Waals surface area contributed by atoms with Crippen LogP contribution in [0.25, 0.3) is 6.08 Å². The number of anilines is 1. The summed E-state index contributed by atoms with van der Waals surface area (Å²) in [7, 11) is 0. The fourth-order valence-electron chi connectivity index (χ4n) is 4.13. The number of rotatable bonds is 5. The maximum atomic E-state index is 12.3. The molecule has 0 saturated carbocycles. The van der Waals surface area contributed by atoms with Crippen LogP contribution in [0.15, 0.2) is 30.3 Å². The van der Waals surface area contributed by atoms with Crippen LogP contribution in [0, 0.1) is 11.3 Å². The molecule has 0 spiro atoms. The van der Waals surface area contributed by atoms with Crippen LogP contribution >= 0.6 is 23.6 Å². The molecule has 0 bridgehead atoms. The minimum atomic E-state index is -0.469. The SMILES string of the molecule is CC(C)c1ccc(/C=C/C(=O)NC(=S)Nc2sc3c(c2C(N)=O)CCC(C(C)(C)C)C3)cc1. The van der Waals surface area contributed by atoms with Crippen LogP contribution in [0.3, 0.4) is 0 Å². The van der Waals surface area contributed by atoms with Crippen molar-refractivity contribution in [1.82, 2.24) is 5.32 Å². The molecule has 0 radical (unpaired) electrons. The number of hydrogen-bond donors (Lipinski definition) is 3. The molecule has 1 atom stereocenters. The highest BCUT2D eigenvalue weighted by molar-refractivity contribution is 7.80. The second-order valence-corrected chi connectivity index (χ2v) is 11.5. The number of carbonyl (C=O) groups is 2. The lowest BCUT2D eigenvalue weighted by molar-refractivity contribution is -0.115. The van der Waals surface area contributed by atoms with E-state index in [4.69, 9.17) is 18.0 Å². The molecular formula is C26H33N3O2S2. The number of nitrogens with one attached hydrogen (secondary N) is 2. The Balaban J connectivity index is 1.67. The van der Waals surface area contributed by atoms with Gasteiger partial charge in [0.1, 0.15) is 5.00 Å². The zero-order valence-electron chi connectivity index (χ0n) is 20.0. The quantitative estimate of drug-likeness (QED) is 0.379. The molecule has 176 valence electrons. The van der Waals surface area contributed by atoms with Crippen molar-refractivity contribution in [3.05, 3.63) is 57.5 Å². The molecule has 3 rings (SSSR count). The van der Waals surface area contributed by atoms with E-state index in [0.717, 1.165) is 30.4 Å². The molecule has 4 N–H and O–H groups in total. The first-order valence-corrected chi connectivity index (χ1v) is 12.5. The van der Waals surface area contributed by atoms with E-state index in [1.54, 1.807) is 6.08 Å². The Kier molecular flexibility index (Phi) is 7.75. The second kappa shape index (κ2) is 10.2. The van der Waals surface area contributed by atoms with Gasteiger partial charge in [0.2, 0.25) is 5.91 Å². The van der Waals surface area contributed by atoms with Crippen LogP contribution in [-0.4, -0.2) is 16.9 Å². The van der Waals surface area contributed by atoms with Gasteiger partial charge < -0.3 is 11.1 Å². The minimum absolute atomic E-state index is 0.147. The Morgan fingerprint density at radius 3 is 2.45 bits per heavy atom. The maximum absolute atomic E-state index is 12.3. The molecule has 0 fully saturated rings. The zero-order valence-corrected chi connectivity index (χ0v) is 21.6. The highest BCUT2D eigenvalue weighted by Crippen LogP contribution is 2.44. The highest BCUT2D eigenvalue weighted by Gasteiger charge is 2.33. The molecule has 1 aliphatic rings. The van der Waals surface area contributed by atoms with Crippen molar-refractivity contribution in [2.24, 2.45) is 17.1 Å². The number of nitrogens with two attached hydrogens (primary N) is 1. The Labute approximate surface area is 205 Å². The van der Waals surface area contributed by atoms with Gasteiger partial charge in [-0.2, -0.15) is 0 Å². The third-order valence-corrected chi connectivity index (χ3v) is 7.60. The number of thiocarbonyl (C=S) groups is 1. The molecule has 7 heteroatoms. The fraction of sp³-hybridized carbons (Fsp3) is 0.423. The Bertz CT molecular complexity index is 1080. The van der Waals surface area contributed by atoms with Gasteiger partial charge in [0.25, 0.3) is 5.91 Å². The number of fused-ring (bicyclic) bond motifs is 1. The molecule has 1 aromatic heterocycles. The van der Waals surface area contributed by atoms with Crippen LogP contribution in [0.4, 0.5) is 5.00 Å². The number of amides is 2. The van der Waals surface area contributed by atoms with Gasteiger partial charge in [-0.3, -0.25) is 14.9 Å². The lowest BCUT2D eigenvalue weighted by atomic mass is 9.72. The van der Waals surface area contributed by atoms with Gasteiger partial charge in [0.15, 0.2) is 5.11 Å². The van der Waals surface area contributed by atoms with Crippen LogP contribution in [0.5, 0.6) is 0 Å². The predicted molar refractivity (Wildman–Crippen MR) is 142 cm³/mol. The van der Waals surface area contributed by atoms with E-state index >= 15 is 0 Å². The highest BCUT2D eigenvalue weighted by atomic mass is 32.1. The summed E-state index contributed by atoms with van der Waals surface area (Å²) in [4.78, 5) is 25.7. The van der Waals surface area contributed by atoms with Gasteiger partial charge in [-0.05, 0) is 71.5 Å². The van der Waals surface area contributed by atoms with Crippen molar-refractivity contribution in [2.75, 3.05) is 5.32 Å². The molecule has 1 aromatic carbocycles. The van der Waals surface area contributed by atoms with Gasteiger partial charge in [0, 0.05) is 11.0 Å². The standard InChI is InChI=1S/C26H33N3O2S2/c1-15(2)17-9-6-16(7-10-17)8-13-21(30)28-25(32)29-24-22(23(27)31)19-12-11-18(26(3,4)5)14-20(19)33-24/h6-10,13,15,18H,11-12,14H2,1-5H3,(H2,27,31)(H2,28,29,30,32)/b13-8+. The molecule has 0 aliphatic heterocycles. The monoisotopic (exact) mass is 483 g/mol. The Morgan fingerprint density at radius 1 is 1.21 bits per heavy atom. The summed E-state index contributed by atoms with van der Waals surface area (Å²) < 4.78 is 0. The topological polar surface area (TPSA) is 84.2 Å². The summed E-state index contributed by atoms with van der Waals surface area (Å²) in [6, 6.07) is 8.08. The molecule has 33 heavy (non-hydrogen) atoms. The first kappa shape index (κ1) is 25.1. The largest absolute Gasteiger partial charge is 0.365 e. The van der Waals surface area contributed by atoms with Crippen molar-refractivity contribution in [3.63, 3.8) is 0 Å². The van der Waals surface area contributed by atoms with Gasteiger partial charge in [-0.1, -0.05) is 58.9 Å². The van der Waals surface area contributed by atoms with Gasteiger partial charge in [-0.25, -0.2) is 0 Å². The molecule has 1 unspecified atom stereocenters. The predicted octanol–water partition coefficient (Wildman–Crippen LogP) is 5.65. The van der Waals surface area contributed by atoms with Crippen molar-refractivity contribution in [1.29, 1.82) is 0 Å². The van der Waals surface area contributed by atoms with Crippen LogP contribution in [-0.2, 0) is 17.6 Å². The van der Waals surface area contributed by atoms with Gasteiger partial charge >= 0.3 is 0 Å². The third kappa shape index (κ3) is 6.30. The molecule has 2 aromatic rings. The molecule has 2 amide bonds. The normalized spacial score (nSPS) is 16.0. The average Bonchev–Trinajstić information content (AvgIpc) is 3.08. The third-order valence-electron chi connectivity index (χ3n) is 6.23. The lowest BCUT2D eigenvalue weighted by Gasteiger charge is -2.33. The van der Waals surface area contributed by atoms with E-state index in [0.29, 0.717) is 22.4 Å². The summed E-state index contributed by atoms with van der Waals surface area (Å²) in [5.41, 5.74) is 9.62. The van der Waals surface area contributed by atoms with Crippen LogP contribution in [0.2, 0.25) is 0 Å². The van der Waals surface area contributed by atoms with Crippen molar-refractivity contribution in [3.8, 4) is 0 Å². The summed E-state index contributed by atoms with van der Waals surface area (Å²) in [5, 5.41) is 6.45. The summed E-state index contributed by atoms with van der Waals surface area (Å²) >= 11 is 6.85. The van der Waals surface area contributed by atoms with E-state index in [-0.39, 0.29) is 16.4 Å². The average molecular weight is 484 g/mol. The van der Waals surface area contributed by atoms with Crippen molar-refractivity contribution >= 4 is 51.6 Å². The number of hydrogen-bond acceptors (Lipinski definition) is 4. The number of primary amides is 1. The van der Waals surface area contributed by atoms with E-state index in [1.165, 1.54) is 27.9 Å². The molecule has 1 heterocycles. The van der Waals surface area contributed by atoms with Gasteiger partial charge in [0.05, 0.1) is 5.56 Å². The number of thiophene rings is 1. The van der Waals surface area contributed by atoms with E-state index in [1.807, 2.05) is 12.1 Å². The molecule has 0 saturated heterocycles. The Hall–Kier alpha value is -2.51. The number of carbonyl (C=O) groups excluding carboxylic acids is 2. The maximum Gasteiger partial charge on any atom is 0.251 e. The summed E-state index contributed by atoms with van der Waals surface area (Å²) in [6.07, 6.45) is 5.96. The zero-order chi connectivity index (χ0) is 24.3. The molecular weight excluding hydrogens is 450 g/mol. The van der Waals surface area contributed by atoms with E-state index < -0.39 is 5.91 Å².